The van der Waals surface area contributed by atoms with Gasteiger partial charge in [-0.15, -0.1) is 0 Å². The second-order valence-corrected chi connectivity index (χ2v) is 9.62. The minimum Gasteiger partial charge on any atom is -0.326 e. The number of nitrogens with one attached hydrogen (secondary N) is 2. The number of aromatic nitrogens is 2. The molecule has 1 atom stereocenters. The molecule has 0 radical (unpaired) electrons. The number of aryl methyl sites for hydroxylation is 1. The molecule has 2 heterocycles. The highest BCUT2D eigenvalue weighted by molar-refractivity contribution is 7.92. The van der Waals surface area contributed by atoms with Crippen molar-refractivity contribution in [1.29, 1.82) is 0 Å². The van der Waals surface area contributed by atoms with Gasteiger partial charge in [0.15, 0.2) is 0 Å². The molecule has 1 saturated heterocycles. The summed E-state index contributed by atoms with van der Waals surface area (Å²) >= 11 is 6.16. The molecule has 2 amide bonds. The first-order valence-corrected chi connectivity index (χ1v) is 11.9. The Labute approximate surface area is 195 Å². The summed E-state index contributed by atoms with van der Waals surface area (Å²) in [4.78, 5) is 34.4. The predicted molar refractivity (Wildman–Crippen MR) is 125 cm³/mol. The van der Waals surface area contributed by atoms with Crippen molar-refractivity contribution in [3.05, 3.63) is 71.5 Å². The minimum atomic E-state index is -3.88. The van der Waals surface area contributed by atoms with Crippen LogP contribution >= 0.6 is 11.6 Å². The van der Waals surface area contributed by atoms with Gasteiger partial charge in [0, 0.05) is 41.8 Å². The van der Waals surface area contributed by atoms with E-state index >= 15 is 0 Å². The summed E-state index contributed by atoms with van der Waals surface area (Å²) in [6.07, 6.45) is 2.92. The van der Waals surface area contributed by atoms with Gasteiger partial charge in [0.1, 0.15) is 0 Å². The molecule has 1 aliphatic rings. The molecule has 0 aliphatic carbocycles. The Bertz CT molecular complexity index is 1300. The third kappa shape index (κ3) is 5.12. The average Bonchev–Trinajstić information content (AvgIpc) is 3.18. The number of anilines is 3. The van der Waals surface area contributed by atoms with Gasteiger partial charge >= 0.3 is 0 Å². The molecule has 33 heavy (non-hydrogen) atoms. The van der Waals surface area contributed by atoms with Gasteiger partial charge in [-0.25, -0.2) is 23.1 Å². The summed E-state index contributed by atoms with van der Waals surface area (Å²) < 4.78 is 27.2. The monoisotopic (exact) mass is 485 g/mol. The first kappa shape index (κ1) is 22.7. The number of hydrogen-bond acceptors (Lipinski definition) is 6. The fourth-order valence-corrected chi connectivity index (χ4v) is 4.51. The van der Waals surface area contributed by atoms with E-state index in [1.165, 1.54) is 36.7 Å². The number of carbonyl (C=O) groups excluding carboxylic acids is 2. The standard InChI is InChI=1S/C22H20ClN5O4S/c1-14-3-6-17(12-19(14)23)28-13-15(11-20(28)29)21(30)26-16-4-7-18(8-5-16)33(31,32)27-22-24-9-2-10-25-22/h2-10,12,15H,11,13H2,1H3,(H,26,30)(H,24,25,27). The van der Waals surface area contributed by atoms with E-state index in [1.54, 1.807) is 23.1 Å². The molecular weight excluding hydrogens is 466 g/mol. The lowest BCUT2D eigenvalue weighted by molar-refractivity contribution is -0.122. The quantitative estimate of drug-likeness (QED) is 0.552. The fourth-order valence-electron chi connectivity index (χ4n) is 3.38. The van der Waals surface area contributed by atoms with Gasteiger partial charge in [0.05, 0.1) is 10.8 Å². The zero-order chi connectivity index (χ0) is 23.6. The summed E-state index contributed by atoms with van der Waals surface area (Å²) in [6, 6.07) is 12.6. The first-order chi connectivity index (χ1) is 15.7. The van der Waals surface area contributed by atoms with Crippen LogP contribution in [-0.2, 0) is 19.6 Å². The Morgan fingerprint density at radius 2 is 1.82 bits per heavy atom. The van der Waals surface area contributed by atoms with Crippen molar-refractivity contribution in [3.8, 4) is 0 Å². The summed E-state index contributed by atoms with van der Waals surface area (Å²) in [7, 11) is -3.88. The van der Waals surface area contributed by atoms with Crippen LogP contribution in [0.5, 0.6) is 0 Å². The van der Waals surface area contributed by atoms with E-state index in [2.05, 4.69) is 20.0 Å². The van der Waals surface area contributed by atoms with E-state index in [-0.39, 0.29) is 35.6 Å². The molecule has 1 unspecified atom stereocenters. The van der Waals surface area contributed by atoms with Crippen LogP contribution in [0, 0.1) is 12.8 Å². The third-order valence-electron chi connectivity index (χ3n) is 5.19. The molecule has 170 valence electrons. The van der Waals surface area contributed by atoms with Crippen LogP contribution in [0.25, 0.3) is 0 Å². The van der Waals surface area contributed by atoms with Crippen molar-refractivity contribution in [2.24, 2.45) is 5.92 Å². The fraction of sp³-hybridized carbons (Fsp3) is 0.182. The number of halogens is 1. The Kier molecular flexibility index (Phi) is 6.30. The topological polar surface area (TPSA) is 121 Å². The molecule has 0 saturated carbocycles. The molecule has 1 fully saturated rings. The van der Waals surface area contributed by atoms with Gasteiger partial charge in [0.2, 0.25) is 17.8 Å². The van der Waals surface area contributed by atoms with E-state index < -0.39 is 15.9 Å². The normalized spacial score (nSPS) is 16.0. The number of rotatable bonds is 6. The van der Waals surface area contributed by atoms with Crippen molar-refractivity contribution in [3.63, 3.8) is 0 Å². The van der Waals surface area contributed by atoms with Crippen molar-refractivity contribution in [1.82, 2.24) is 9.97 Å². The number of hydrogen-bond donors (Lipinski definition) is 2. The lowest BCUT2D eigenvalue weighted by Gasteiger charge is -2.17. The zero-order valence-electron chi connectivity index (χ0n) is 17.5. The maximum atomic E-state index is 12.7. The highest BCUT2D eigenvalue weighted by Gasteiger charge is 2.35. The number of nitrogens with zero attached hydrogens (tertiary/aromatic N) is 3. The van der Waals surface area contributed by atoms with Gasteiger partial charge in [-0.2, -0.15) is 0 Å². The molecule has 3 aromatic rings. The van der Waals surface area contributed by atoms with Gasteiger partial charge in [-0.1, -0.05) is 17.7 Å². The molecule has 9 nitrogen and oxygen atoms in total. The number of amides is 2. The zero-order valence-corrected chi connectivity index (χ0v) is 19.1. The highest BCUT2D eigenvalue weighted by Crippen LogP contribution is 2.29. The number of sulfonamides is 1. The Hall–Kier alpha value is -3.50. The SMILES string of the molecule is Cc1ccc(N2CC(C(=O)Nc3ccc(S(=O)(=O)Nc4ncccn4)cc3)CC2=O)cc1Cl. The van der Waals surface area contributed by atoms with E-state index in [0.717, 1.165) is 5.56 Å². The summed E-state index contributed by atoms with van der Waals surface area (Å²) in [5, 5.41) is 3.29. The lowest BCUT2D eigenvalue weighted by atomic mass is 10.1. The molecular formula is C22H20ClN5O4S. The molecule has 11 heteroatoms. The first-order valence-electron chi connectivity index (χ1n) is 10.0. The van der Waals surface area contributed by atoms with Gasteiger partial charge in [-0.3, -0.25) is 9.59 Å². The number of carbonyl (C=O) groups is 2. The Balaban J connectivity index is 1.40. The Morgan fingerprint density at radius 1 is 1.12 bits per heavy atom. The third-order valence-corrected chi connectivity index (χ3v) is 6.94. The van der Waals surface area contributed by atoms with Gasteiger partial charge < -0.3 is 10.2 Å². The molecule has 0 spiro atoms. The van der Waals surface area contributed by atoms with E-state index in [1.807, 2.05) is 13.0 Å². The average molecular weight is 486 g/mol. The molecule has 2 aromatic carbocycles. The smallest absolute Gasteiger partial charge is 0.264 e. The van der Waals surface area contributed by atoms with Crippen LogP contribution in [-0.4, -0.2) is 36.7 Å². The van der Waals surface area contributed by atoms with Crippen LogP contribution < -0.4 is 14.9 Å². The highest BCUT2D eigenvalue weighted by atomic mass is 35.5. The van der Waals surface area contributed by atoms with E-state index in [0.29, 0.717) is 16.4 Å². The predicted octanol–water partition coefficient (Wildman–Crippen LogP) is 3.23. The summed E-state index contributed by atoms with van der Waals surface area (Å²) in [6.45, 7) is 2.10. The van der Waals surface area contributed by atoms with Gasteiger partial charge in [-0.05, 0) is 55.0 Å². The number of benzene rings is 2. The minimum absolute atomic E-state index is 0.00794. The van der Waals surface area contributed by atoms with Crippen molar-refractivity contribution < 1.29 is 18.0 Å². The second-order valence-electron chi connectivity index (χ2n) is 7.53. The molecule has 1 aliphatic heterocycles. The summed E-state index contributed by atoms with van der Waals surface area (Å²) in [5.41, 5.74) is 1.97. The van der Waals surface area contributed by atoms with Crippen LogP contribution in [0.15, 0.2) is 65.8 Å². The van der Waals surface area contributed by atoms with E-state index in [4.69, 9.17) is 11.6 Å². The van der Waals surface area contributed by atoms with Gasteiger partial charge in [0.25, 0.3) is 10.0 Å². The largest absolute Gasteiger partial charge is 0.326 e. The van der Waals surface area contributed by atoms with E-state index in [9.17, 15) is 18.0 Å². The second kappa shape index (κ2) is 9.16. The molecule has 1 aromatic heterocycles. The van der Waals surface area contributed by atoms with Crippen LogP contribution in [0.1, 0.15) is 12.0 Å². The maximum absolute atomic E-state index is 12.7. The van der Waals surface area contributed by atoms with Crippen molar-refractivity contribution in [2.75, 3.05) is 21.5 Å². The molecule has 2 N–H and O–H groups in total. The molecule has 4 rings (SSSR count). The summed E-state index contributed by atoms with van der Waals surface area (Å²) in [5.74, 6) is -1.07. The van der Waals surface area contributed by atoms with Crippen LogP contribution in [0.2, 0.25) is 5.02 Å². The Morgan fingerprint density at radius 3 is 2.48 bits per heavy atom. The lowest BCUT2D eigenvalue weighted by Crippen LogP contribution is -2.28. The molecule has 0 bridgehead atoms. The van der Waals surface area contributed by atoms with Crippen molar-refractivity contribution >= 4 is 50.8 Å². The van der Waals surface area contributed by atoms with Crippen molar-refractivity contribution in [2.45, 2.75) is 18.2 Å². The van der Waals surface area contributed by atoms with Crippen LogP contribution in [0.4, 0.5) is 17.3 Å². The maximum Gasteiger partial charge on any atom is 0.264 e. The van der Waals surface area contributed by atoms with Crippen LogP contribution in [0.3, 0.4) is 0 Å².